The molecule has 15 heteroatoms. The Bertz CT molecular complexity index is 1290. The summed E-state index contributed by atoms with van der Waals surface area (Å²) in [5.74, 6) is -4.28. The summed E-state index contributed by atoms with van der Waals surface area (Å²) in [5, 5.41) is 18.1. The Morgan fingerprint density at radius 2 is 1.51 bits per heavy atom. The lowest BCUT2D eigenvalue weighted by Gasteiger charge is -2.44. The number of piperidine rings is 1. The number of imidazole rings is 1. The van der Waals surface area contributed by atoms with E-state index in [-0.39, 0.29) is 5.54 Å². The van der Waals surface area contributed by atoms with Gasteiger partial charge in [-0.3, -0.25) is 4.90 Å². The van der Waals surface area contributed by atoms with Crippen molar-refractivity contribution in [2.45, 2.75) is 50.7 Å². The van der Waals surface area contributed by atoms with Crippen molar-refractivity contribution in [2.75, 3.05) is 19.6 Å². The first-order valence-electron chi connectivity index (χ1n) is 12.4. The molecule has 2 aliphatic rings. The minimum atomic E-state index is -5.08. The Balaban J connectivity index is 0.000000276. The molecule has 8 nitrogen and oxygen atoms in total. The number of carboxylic acids is 2. The molecule has 0 unspecified atom stereocenters. The molecule has 1 aromatic carbocycles. The second-order valence-electron chi connectivity index (χ2n) is 9.39. The molecule has 0 atom stereocenters. The zero-order valence-corrected chi connectivity index (χ0v) is 22.6. The first-order valence-corrected chi connectivity index (χ1v) is 13.2. The molecule has 0 amide bonds. The molecule has 0 saturated carbocycles. The topological polar surface area (TPSA) is 108 Å². The quantitative estimate of drug-likeness (QED) is 0.348. The van der Waals surface area contributed by atoms with Crippen LogP contribution in [0.1, 0.15) is 28.4 Å². The number of likely N-dealkylation sites (tertiary alicyclic amines) is 1. The lowest BCUT2D eigenvalue weighted by molar-refractivity contribution is -0.193. The zero-order chi connectivity index (χ0) is 30.4. The minimum absolute atomic E-state index is 0.0349. The van der Waals surface area contributed by atoms with Crippen LogP contribution in [0.2, 0.25) is 0 Å². The summed E-state index contributed by atoms with van der Waals surface area (Å²) in [6, 6.07) is 15.2. The van der Waals surface area contributed by atoms with Crippen LogP contribution in [-0.2, 0) is 28.2 Å². The van der Waals surface area contributed by atoms with Gasteiger partial charge < -0.3 is 20.1 Å². The number of nitrogens with zero attached hydrogens (tertiary/aromatic N) is 3. The van der Waals surface area contributed by atoms with Gasteiger partial charge in [0.05, 0.1) is 17.4 Å². The van der Waals surface area contributed by atoms with E-state index in [1.54, 1.807) is 0 Å². The normalized spacial score (nSPS) is 16.6. The number of thiophene rings is 1. The van der Waals surface area contributed by atoms with E-state index in [2.05, 4.69) is 70.4 Å². The molecule has 3 aromatic rings. The largest absolute Gasteiger partial charge is 0.490 e. The number of aliphatic carboxylic acids is 2. The molecule has 1 fully saturated rings. The maximum absolute atomic E-state index is 10.6. The van der Waals surface area contributed by atoms with E-state index in [1.165, 1.54) is 26.8 Å². The van der Waals surface area contributed by atoms with Crippen molar-refractivity contribution in [2.24, 2.45) is 0 Å². The molecular weight excluding hydrogens is 578 g/mol. The second kappa shape index (κ2) is 13.0. The summed E-state index contributed by atoms with van der Waals surface area (Å²) in [4.78, 5) is 28.2. The Labute approximate surface area is 235 Å². The number of carbonyl (C=O) groups is 2. The number of hydrogen-bond donors (Lipinski definition) is 3. The van der Waals surface area contributed by atoms with Gasteiger partial charge in [0.2, 0.25) is 0 Å². The monoisotopic (exact) mass is 606 g/mol. The van der Waals surface area contributed by atoms with Crippen LogP contribution in [-0.4, -0.2) is 68.6 Å². The number of nitrogens with one attached hydrogen (secondary N) is 1. The Kier molecular flexibility index (Phi) is 10.2. The van der Waals surface area contributed by atoms with E-state index in [9.17, 15) is 26.3 Å². The number of rotatable bonds is 3. The van der Waals surface area contributed by atoms with Gasteiger partial charge >= 0.3 is 24.3 Å². The van der Waals surface area contributed by atoms with Crippen molar-refractivity contribution in [3.05, 3.63) is 64.2 Å². The summed E-state index contributed by atoms with van der Waals surface area (Å²) in [7, 11) is 0. The fourth-order valence-electron chi connectivity index (χ4n) is 4.59. The lowest BCUT2D eigenvalue weighted by atomic mass is 9.85. The molecule has 2 aliphatic heterocycles. The minimum Gasteiger partial charge on any atom is -0.475 e. The van der Waals surface area contributed by atoms with Gasteiger partial charge in [-0.15, -0.1) is 11.3 Å². The summed E-state index contributed by atoms with van der Waals surface area (Å²) >= 11 is 1.92. The molecule has 0 aliphatic carbocycles. The summed E-state index contributed by atoms with van der Waals surface area (Å²) in [6.07, 6.45) is -5.84. The number of benzene rings is 1. The third-order valence-electron chi connectivity index (χ3n) is 6.52. The number of halogens is 6. The molecule has 224 valence electrons. The number of aryl methyl sites for hydroxylation is 1. The molecule has 5 rings (SSSR count). The van der Waals surface area contributed by atoms with E-state index in [0.717, 1.165) is 45.6 Å². The highest BCUT2D eigenvalue weighted by atomic mass is 32.1. The maximum Gasteiger partial charge on any atom is 0.490 e. The fourth-order valence-corrected chi connectivity index (χ4v) is 5.53. The molecule has 4 heterocycles. The van der Waals surface area contributed by atoms with Crippen LogP contribution < -0.4 is 5.32 Å². The second-order valence-corrected chi connectivity index (χ2v) is 10.8. The van der Waals surface area contributed by atoms with Gasteiger partial charge in [0.15, 0.2) is 0 Å². The van der Waals surface area contributed by atoms with Crippen molar-refractivity contribution < 1.29 is 46.1 Å². The van der Waals surface area contributed by atoms with Crippen molar-refractivity contribution in [1.29, 1.82) is 0 Å². The van der Waals surface area contributed by atoms with E-state index in [4.69, 9.17) is 24.8 Å². The van der Waals surface area contributed by atoms with Crippen LogP contribution in [0.15, 0.2) is 48.7 Å². The van der Waals surface area contributed by atoms with Crippen molar-refractivity contribution >= 4 is 23.3 Å². The van der Waals surface area contributed by atoms with Crippen molar-refractivity contribution in [3.63, 3.8) is 0 Å². The summed E-state index contributed by atoms with van der Waals surface area (Å²) in [6.45, 7) is 7.54. The third-order valence-corrected chi connectivity index (χ3v) is 7.51. The van der Waals surface area contributed by atoms with Gasteiger partial charge in [0, 0.05) is 42.5 Å². The Morgan fingerprint density at radius 3 is 2.00 bits per heavy atom. The van der Waals surface area contributed by atoms with Crippen LogP contribution in [0.4, 0.5) is 26.3 Å². The van der Waals surface area contributed by atoms with Crippen molar-refractivity contribution in [3.8, 4) is 11.3 Å². The van der Waals surface area contributed by atoms with Gasteiger partial charge in [0.1, 0.15) is 5.82 Å². The van der Waals surface area contributed by atoms with Crippen LogP contribution >= 0.6 is 11.3 Å². The molecule has 1 spiro atoms. The predicted molar refractivity (Wildman–Crippen MR) is 138 cm³/mol. The SMILES string of the molecule is Cc1ccc(CN2CCC3(CC2)NCCn2c(-c4ccccc4)cnc23)s1.O=C(O)C(F)(F)F.O=C(O)C(F)(F)F. The number of fused-ring (bicyclic) bond motifs is 2. The predicted octanol–water partition coefficient (Wildman–Crippen LogP) is 5.28. The van der Waals surface area contributed by atoms with Gasteiger partial charge in [-0.25, -0.2) is 14.6 Å². The zero-order valence-electron chi connectivity index (χ0n) is 21.8. The Hall–Kier alpha value is -3.43. The first kappa shape index (κ1) is 32.1. The van der Waals surface area contributed by atoms with Crippen LogP contribution in [0.5, 0.6) is 0 Å². The van der Waals surface area contributed by atoms with Crippen LogP contribution in [0.3, 0.4) is 0 Å². The Morgan fingerprint density at radius 1 is 0.951 bits per heavy atom. The highest BCUT2D eigenvalue weighted by Crippen LogP contribution is 2.37. The van der Waals surface area contributed by atoms with Crippen LogP contribution in [0, 0.1) is 6.92 Å². The molecular formula is C26H28F6N4O4S. The standard InChI is InChI=1S/C22H26N4S.2C2HF3O2/c1-17-7-8-19(27-17)16-25-12-9-22(10-13-25)21-23-15-20(26(21)14-11-24-22)18-5-3-2-4-6-18;2*3-2(4,5)1(6)7/h2-8,15,24H,9-14,16H2,1H3;2*(H,6,7). The number of hydrogen-bond acceptors (Lipinski definition) is 6. The van der Waals surface area contributed by atoms with Gasteiger partial charge in [-0.2, -0.15) is 26.3 Å². The van der Waals surface area contributed by atoms with Gasteiger partial charge in [0.25, 0.3) is 0 Å². The fraction of sp³-hybridized carbons (Fsp3) is 0.423. The van der Waals surface area contributed by atoms with E-state index >= 15 is 0 Å². The smallest absolute Gasteiger partial charge is 0.475 e. The van der Waals surface area contributed by atoms with Gasteiger partial charge in [-0.1, -0.05) is 30.3 Å². The van der Waals surface area contributed by atoms with E-state index in [1.807, 2.05) is 11.3 Å². The van der Waals surface area contributed by atoms with E-state index in [0.29, 0.717) is 0 Å². The maximum atomic E-state index is 10.6. The van der Waals surface area contributed by atoms with E-state index < -0.39 is 24.3 Å². The third kappa shape index (κ3) is 8.53. The number of aromatic nitrogens is 2. The highest BCUT2D eigenvalue weighted by molar-refractivity contribution is 7.11. The molecule has 2 aromatic heterocycles. The molecule has 1 saturated heterocycles. The average Bonchev–Trinajstić information content (AvgIpc) is 3.52. The summed E-state index contributed by atoms with van der Waals surface area (Å²) < 4.78 is 65.9. The lowest BCUT2D eigenvalue weighted by Crippen LogP contribution is -2.55. The summed E-state index contributed by atoms with van der Waals surface area (Å²) in [5.41, 5.74) is 2.55. The molecule has 41 heavy (non-hydrogen) atoms. The van der Waals surface area contributed by atoms with Crippen molar-refractivity contribution in [1.82, 2.24) is 19.8 Å². The van der Waals surface area contributed by atoms with Gasteiger partial charge in [-0.05, 0) is 37.5 Å². The van der Waals surface area contributed by atoms with Crippen LogP contribution in [0.25, 0.3) is 11.3 Å². The molecule has 0 radical (unpaired) electrons. The number of alkyl halides is 6. The molecule has 0 bridgehead atoms. The number of carboxylic acid groups (broad SMARTS) is 2. The average molecular weight is 607 g/mol. The first-order chi connectivity index (χ1) is 19.1. The highest BCUT2D eigenvalue weighted by Gasteiger charge is 2.42. The molecule has 3 N–H and O–H groups in total.